The van der Waals surface area contributed by atoms with E-state index in [2.05, 4.69) is 0 Å². The van der Waals surface area contributed by atoms with Crippen LogP contribution in [0.1, 0.15) is 39.9 Å². The lowest BCUT2D eigenvalue weighted by molar-refractivity contribution is -0.384. The molecule has 1 fully saturated rings. The van der Waals surface area contributed by atoms with Crippen LogP contribution in [0.15, 0.2) is 72.8 Å². The predicted molar refractivity (Wildman–Crippen MR) is 126 cm³/mol. The largest absolute Gasteiger partial charge is 0.394 e. The first-order chi connectivity index (χ1) is 16.4. The molecule has 2 atom stereocenters. The first-order valence-electron chi connectivity index (χ1n) is 11.1. The Hall–Kier alpha value is -3.26. The van der Waals surface area contributed by atoms with Gasteiger partial charge in [-0.1, -0.05) is 54.1 Å². The number of nitro benzene ring substituents is 1. The molecule has 0 radical (unpaired) electrons. The van der Waals surface area contributed by atoms with E-state index in [0.717, 1.165) is 24.0 Å². The highest BCUT2D eigenvalue weighted by atomic mass is 35.5. The van der Waals surface area contributed by atoms with Gasteiger partial charge in [0.2, 0.25) is 0 Å². The highest BCUT2D eigenvalue weighted by Gasteiger charge is 2.54. The van der Waals surface area contributed by atoms with Crippen molar-refractivity contribution in [1.82, 2.24) is 4.90 Å². The van der Waals surface area contributed by atoms with Gasteiger partial charge in [-0.25, -0.2) is 0 Å². The topological polar surface area (TPSA) is 92.9 Å². The molecule has 7 nitrogen and oxygen atoms in total. The predicted octanol–water partition coefficient (Wildman–Crippen LogP) is 4.89. The lowest BCUT2D eigenvalue weighted by Gasteiger charge is -2.42. The van der Waals surface area contributed by atoms with E-state index < -0.39 is 16.8 Å². The molecule has 1 aliphatic heterocycles. The van der Waals surface area contributed by atoms with E-state index in [1.165, 1.54) is 12.1 Å². The number of hydrogen-bond acceptors (Lipinski definition) is 5. The standard InChI is InChI=1S/C26H23ClN2O5/c27-20-11-9-19(10-12-20)26(34-24(16-30)18-7-8-18)23-4-2-1-3-22(23)25(31)28(26)15-17-5-13-21(14-6-17)29(32)33/h1-6,9-14,18,24,30H,7-8,15-16H2. The van der Waals surface area contributed by atoms with Crippen LogP contribution < -0.4 is 0 Å². The van der Waals surface area contributed by atoms with Crippen molar-refractivity contribution in [3.8, 4) is 0 Å². The van der Waals surface area contributed by atoms with E-state index in [1.807, 2.05) is 30.3 Å². The lowest BCUT2D eigenvalue weighted by atomic mass is 9.92. The van der Waals surface area contributed by atoms with Crippen molar-refractivity contribution in [2.45, 2.75) is 31.2 Å². The second-order valence-electron chi connectivity index (χ2n) is 8.69. The summed E-state index contributed by atoms with van der Waals surface area (Å²) in [6, 6.07) is 20.6. The summed E-state index contributed by atoms with van der Waals surface area (Å²) in [5.41, 5.74) is 1.36. The third kappa shape index (κ3) is 3.86. The third-order valence-electron chi connectivity index (χ3n) is 6.52. The number of rotatable bonds is 8. The van der Waals surface area contributed by atoms with Crippen molar-refractivity contribution in [3.05, 3.63) is 110 Å². The number of non-ortho nitro benzene ring substituents is 1. The van der Waals surface area contributed by atoms with Gasteiger partial charge in [0.05, 0.1) is 17.6 Å². The van der Waals surface area contributed by atoms with Crippen molar-refractivity contribution >= 4 is 23.2 Å². The molecule has 0 saturated heterocycles. The van der Waals surface area contributed by atoms with Crippen LogP contribution >= 0.6 is 11.6 Å². The molecule has 1 aliphatic carbocycles. The Bertz CT molecular complexity index is 1230. The number of benzene rings is 3. The molecule has 1 amide bonds. The molecule has 2 aliphatic rings. The van der Waals surface area contributed by atoms with E-state index >= 15 is 0 Å². The average molecular weight is 479 g/mol. The van der Waals surface area contributed by atoms with Crippen molar-refractivity contribution in [2.24, 2.45) is 5.92 Å². The van der Waals surface area contributed by atoms with Crippen LogP contribution in [0.2, 0.25) is 5.02 Å². The minimum absolute atomic E-state index is 0.0194. The quantitative estimate of drug-likeness (QED) is 0.367. The number of ether oxygens (including phenoxy) is 1. The number of nitro groups is 1. The van der Waals surface area contributed by atoms with Crippen LogP contribution in [0.3, 0.4) is 0 Å². The summed E-state index contributed by atoms with van der Waals surface area (Å²) in [6.07, 6.45) is 1.47. The SMILES string of the molecule is O=C1c2ccccc2C(OC(CO)C2CC2)(c2ccc(Cl)cc2)N1Cc1ccc([N+](=O)[O-])cc1. The minimum atomic E-state index is -1.28. The first kappa shape index (κ1) is 22.5. The number of carbonyl (C=O) groups is 1. The summed E-state index contributed by atoms with van der Waals surface area (Å²) in [5.74, 6) is 0.00894. The molecule has 1 heterocycles. The minimum Gasteiger partial charge on any atom is -0.394 e. The molecular weight excluding hydrogens is 456 g/mol. The lowest BCUT2D eigenvalue weighted by Crippen LogP contribution is -2.49. The molecule has 0 aromatic heterocycles. The van der Waals surface area contributed by atoms with Crippen molar-refractivity contribution in [2.75, 3.05) is 6.61 Å². The monoisotopic (exact) mass is 478 g/mol. The zero-order chi connectivity index (χ0) is 23.9. The fourth-order valence-corrected chi connectivity index (χ4v) is 4.77. The van der Waals surface area contributed by atoms with Crippen molar-refractivity contribution < 1.29 is 19.6 Å². The van der Waals surface area contributed by atoms with Crippen LogP contribution in [0.25, 0.3) is 0 Å². The Morgan fingerprint density at radius 1 is 1.09 bits per heavy atom. The second kappa shape index (κ2) is 8.83. The molecule has 5 rings (SSSR count). The number of hydrogen-bond donors (Lipinski definition) is 1. The highest BCUT2D eigenvalue weighted by Crippen LogP contribution is 2.49. The molecule has 1 saturated carbocycles. The molecular formula is C26H23ClN2O5. The molecule has 3 aromatic carbocycles. The Kier molecular flexibility index (Phi) is 5.85. The summed E-state index contributed by atoms with van der Waals surface area (Å²) in [7, 11) is 0. The van der Waals surface area contributed by atoms with Crippen molar-refractivity contribution in [1.29, 1.82) is 0 Å². The fraction of sp³-hybridized carbons (Fsp3) is 0.269. The summed E-state index contributed by atoms with van der Waals surface area (Å²) < 4.78 is 6.75. The average Bonchev–Trinajstić information content (AvgIpc) is 3.67. The van der Waals surface area contributed by atoms with Crippen LogP contribution in [0, 0.1) is 16.0 Å². The molecule has 2 unspecified atom stereocenters. The molecule has 8 heteroatoms. The van der Waals surface area contributed by atoms with Gasteiger partial charge in [-0.15, -0.1) is 0 Å². The van der Waals surface area contributed by atoms with Gasteiger partial charge >= 0.3 is 0 Å². The fourth-order valence-electron chi connectivity index (χ4n) is 4.64. The molecule has 0 bridgehead atoms. The second-order valence-corrected chi connectivity index (χ2v) is 9.12. The van der Waals surface area contributed by atoms with Gasteiger partial charge in [0.25, 0.3) is 11.6 Å². The Labute approximate surface area is 201 Å². The maximum Gasteiger partial charge on any atom is 0.269 e. The van der Waals surface area contributed by atoms with Gasteiger partial charge < -0.3 is 9.84 Å². The van der Waals surface area contributed by atoms with E-state index in [4.69, 9.17) is 16.3 Å². The summed E-state index contributed by atoms with van der Waals surface area (Å²) in [4.78, 5) is 26.0. The third-order valence-corrected chi connectivity index (χ3v) is 6.77. The highest BCUT2D eigenvalue weighted by molar-refractivity contribution is 6.30. The van der Waals surface area contributed by atoms with Gasteiger partial charge in [-0.2, -0.15) is 0 Å². The Balaban J connectivity index is 1.66. The first-order valence-corrected chi connectivity index (χ1v) is 11.5. The van der Waals surface area contributed by atoms with Crippen LogP contribution in [-0.2, 0) is 17.0 Å². The van der Waals surface area contributed by atoms with Gasteiger partial charge in [-0.3, -0.25) is 19.8 Å². The molecule has 34 heavy (non-hydrogen) atoms. The number of aliphatic hydroxyl groups excluding tert-OH is 1. The smallest absolute Gasteiger partial charge is 0.269 e. The van der Waals surface area contributed by atoms with E-state index in [1.54, 1.807) is 35.2 Å². The van der Waals surface area contributed by atoms with Gasteiger partial charge in [0, 0.05) is 40.4 Å². The van der Waals surface area contributed by atoms with E-state index in [9.17, 15) is 20.0 Å². The summed E-state index contributed by atoms with van der Waals surface area (Å²) >= 11 is 6.18. The van der Waals surface area contributed by atoms with Crippen LogP contribution in [0.5, 0.6) is 0 Å². The number of nitrogens with zero attached hydrogens (tertiary/aromatic N) is 2. The van der Waals surface area contributed by atoms with Gasteiger partial charge in [0.15, 0.2) is 5.72 Å². The molecule has 1 N–H and O–H groups in total. The van der Waals surface area contributed by atoms with E-state index in [-0.39, 0.29) is 30.7 Å². The zero-order valence-electron chi connectivity index (χ0n) is 18.3. The number of halogens is 1. The molecule has 0 spiro atoms. The van der Waals surface area contributed by atoms with Gasteiger partial charge in [-0.05, 0) is 42.5 Å². The molecule has 174 valence electrons. The van der Waals surface area contributed by atoms with Crippen LogP contribution in [0.4, 0.5) is 5.69 Å². The van der Waals surface area contributed by atoms with E-state index in [0.29, 0.717) is 16.1 Å². The molecule has 3 aromatic rings. The maximum atomic E-state index is 13.7. The number of fused-ring (bicyclic) bond motifs is 1. The number of carbonyl (C=O) groups excluding carboxylic acids is 1. The zero-order valence-corrected chi connectivity index (χ0v) is 19.0. The summed E-state index contributed by atoms with van der Waals surface area (Å²) in [5, 5.41) is 21.8. The van der Waals surface area contributed by atoms with Crippen molar-refractivity contribution in [3.63, 3.8) is 0 Å². The number of aliphatic hydroxyl groups is 1. The maximum absolute atomic E-state index is 13.7. The number of amides is 1. The Morgan fingerprint density at radius 2 is 1.76 bits per heavy atom. The Morgan fingerprint density at radius 3 is 2.38 bits per heavy atom. The van der Waals surface area contributed by atoms with Gasteiger partial charge in [0.1, 0.15) is 0 Å². The summed E-state index contributed by atoms with van der Waals surface area (Å²) in [6.45, 7) is -0.00130. The van der Waals surface area contributed by atoms with Crippen LogP contribution in [-0.4, -0.2) is 33.5 Å². The normalized spacial score (nSPS) is 20.3.